The van der Waals surface area contributed by atoms with Gasteiger partial charge in [-0.05, 0) is 30.2 Å². The molecular weight excluding hydrogens is 254 g/mol. The van der Waals surface area contributed by atoms with Crippen molar-refractivity contribution in [3.05, 3.63) is 65.4 Å². The summed E-state index contributed by atoms with van der Waals surface area (Å²) in [6.07, 6.45) is 5.28. The highest BCUT2D eigenvalue weighted by Gasteiger charge is 2.15. The van der Waals surface area contributed by atoms with Crippen molar-refractivity contribution in [2.24, 2.45) is 0 Å². The SMILES string of the molecule is Cc1ccnc(OC/C=C/c2ccccc2)c1C(=O)O. The van der Waals surface area contributed by atoms with E-state index in [0.29, 0.717) is 5.56 Å². The van der Waals surface area contributed by atoms with Crippen LogP contribution in [0, 0.1) is 6.92 Å². The van der Waals surface area contributed by atoms with Crippen LogP contribution in [0.5, 0.6) is 5.88 Å². The quantitative estimate of drug-likeness (QED) is 0.905. The van der Waals surface area contributed by atoms with Crippen molar-refractivity contribution in [2.45, 2.75) is 6.92 Å². The highest BCUT2D eigenvalue weighted by atomic mass is 16.5. The lowest BCUT2D eigenvalue weighted by molar-refractivity contribution is 0.0691. The van der Waals surface area contributed by atoms with Crippen molar-refractivity contribution in [3.63, 3.8) is 0 Å². The van der Waals surface area contributed by atoms with E-state index in [-0.39, 0.29) is 18.1 Å². The van der Waals surface area contributed by atoms with Crippen molar-refractivity contribution in [1.82, 2.24) is 4.98 Å². The summed E-state index contributed by atoms with van der Waals surface area (Å²) in [5, 5.41) is 9.14. The van der Waals surface area contributed by atoms with Crippen molar-refractivity contribution in [3.8, 4) is 5.88 Å². The Morgan fingerprint density at radius 1 is 1.30 bits per heavy atom. The van der Waals surface area contributed by atoms with Crippen molar-refractivity contribution in [1.29, 1.82) is 0 Å². The lowest BCUT2D eigenvalue weighted by Crippen LogP contribution is -2.07. The van der Waals surface area contributed by atoms with Gasteiger partial charge in [-0.3, -0.25) is 0 Å². The molecule has 1 aromatic heterocycles. The van der Waals surface area contributed by atoms with E-state index < -0.39 is 5.97 Å². The van der Waals surface area contributed by atoms with Crippen molar-refractivity contribution >= 4 is 12.0 Å². The van der Waals surface area contributed by atoms with Gasteiger partial charge in [0.05, 0.1) is 0 Å². The van der Waals surface area contributed by atoms with E-state index in [0.717, 1.165) is 5.56 Å². The predicted octanol–water partition coefficient (Wildman–Crippen LogP) is 3.18. The Bertz CT molecular complexity index is 621. The van der Waals surface area contributed by atoms with E-state index in [1.165, 1.54) is 6.20 Å². The Morgan fingerprint density at radius 2 is 2.05 bits per heavy atom. The Labute approximate surface area is 117 Å². The number of carboxylic acid groups (broad SMARTS) is 1. The summed E-state index contributed by atoms with van der Waals surface area (Å²) in [7, 11) is 0. The maximum Gasteiger partial charge on any atom is 0.341 e. The first kappa shape index (κ1) is 13.8. The van der Waals surface area contributed by atoms with E-state index in [1.54, 1.807) is 13.0 Å². The first-order valence-electron chi connectivity index (χ1n) is 6.22. The zero-order valence-electron chi connectivity index (χ0n) is 11.1. The number of hydrogen-bond donors (Lipinski definition) is 1. The Kier molecular flexibility index (Phi) is 4.50. The van der Waals surface area contributed by atoms with E-state index in [2.05, 4.69) is 4.98 Å². The topological polar surface area (TPSA) is 59.4 Å². The third-order valence-electron chi connectivity index (χ3n) is 2.76. The fourth-order valence-electron chi connectivity index (χ4n) is 1.78. The number of rotatable bonds is 5. The number of ether oxygens (including phenoxy) is 1. The van der Waals surface area contributed by atoms with Gasteiger partial charge in [0.25, 0.3) is 0 Å². The van der Waals surface area contributed by atoms with E-state index in [4.69, 9.17) is 9.84 Å². The molecular formula is C16H15NO3. The molecule has 0 aliphatic rings. The molecule has 4 heteroatoms. The van der Waals surface area contributed by atoms with Gasteiger partial charge in [-0.15, -0.1) is 0 Å². The van der Waals surface area contributed by atoms with Gasteiger partial charge in [0.2, 0.25) is 5.88 Å². The summed E-state index contributed by atoms with van der Waals surface area (Å²) in [5.41, 5.74) is 1.81. The van der Waals surface area contributed by atoms with Crippen LogP contribution in [0.4, 0.5) is 0 Å². The normalized spacial score (nSPS) is 10.7. The molecule has 0 radical (unpaired) electrons. The molecule has 1 N–H and O–H groups in total. The predicted molar refractivity (Wildman–Crippen MR) is 76.9 cm³/mol. The second-order valence-corrected chi connectivity index (χ2v) is 4.24. The Hall–Kier alpha value is -2.62. The third-order valence-corrected chi connectivity index (χ3v) is 2.76. The van der Waals surface area contributed by atoms with Crippen LogP contribution in [0.1, 0.15) is 21.5 Å². The number of nitrogens with zero attached hydrogens (tertiary/aromatic N) is 1. The smallest absolute Gasteiger partial charge is 0.341 e. The molecule has 0 unspecified atom stereocenters. The molecule has 20 heavy (non-hydrogen) atoms. The van der Waals surface area contributed by atoms with Crippen LogP contribution in [-0.2, 0) is 0 Å². The van der Waals surface area contributed by atoms with Crippen LogP contribution in [0.2, 0.25) is 0 Å². The standard InChI is InChI=1S/C16H15NO3/c1-12-9-10-17-15(14(12)16(18)19)20-11-5-8-13-6-3-2-4-7-13/h2-10H,11H2,1H3,(H,18,19)/b8-5+. The molecule has 0 saturated heterocycles. The first-order valence-corrected chi connectivity index (χ1v) is 6.22. The number of aromatic nitrogens is 1. The van der Waals surface area contributed by atoms with Gasteiger partial charge in [-0.2, -0.15) is 0 Å². The third kappa shape index (κ3) is 3.45. The van der Waals surface area contributed by atoms with Gasteiger partial charge in [0, 0.05) is 6.20 Å². The van der Waals surface area contributed by atoms with Crippen molar-refractivity contribution < 1.29 is 14.6 Å². The van der Waals surface area contributed by atoms with Crippen LogP contribution in [0.3, 0.4) is 0 Å². The van der Waals surface area contributed by atoms with Gasteiger partial charge >= 0.3 is 5.97 Å². The zero-order valence-corrected chi connectivity index (χ0v) is 11.1. The molecule has 102 valence electrons. The highest BCUT2D eigenvalue weighted by Crippen LogP contribution is 2.18. The maximum absolute atomic E-state index is 11.2. The number of benzene rings is 1. The monoisotopic (exact) mass is 269 g/mol. The molecule has 0 fully saturated rings. The molecule has 0 saturated carbocycles. The molecule has 2 aromatic rings. The molecule has 1 heterocycles. The largest absolute Gasteiger partial charge is 0.477 e. The zero-order chi connectivity index (χ0) is 14.4. The summed E-state index contributed by atoms with van der Waals surface area (Å²) in [6, 6.07) is 11.4. The van der Waals surface area contributed by atoms with Gasteiger partial charge in [0.1, 0.15) is 12.2 Å². The van der Waals surface area contributed by atoms with E-state index in [1.807, 2.05) is 42.5 Å². The average molecular weight is 269 g/mol. The number of carbonyl (C=O) groups is 1. The molecule has 0 atom stereocenters. The second kappa shape index (κ2) is 6.52. The number of aromatic carboxylic acids is 1. The summed E-state index contributed by atoms with van der Waals surface area (Å²) in [4.78, 5) is 15.1. The van der Waals surface area contributed by atoms with Gasteiger partial charge in [0.15, 0.2) is 0 Å². The number of hydrogen-bond acceptors (Lipinski definition) is 3. The summed E-state index contributed by atoms with van der Waals surface area (Å²) >= 11 is 0. The lowest BCUT2D eigenvalue weighted by Gasteiger charge is -2.07. The summed E-state index contributed by atoms with van der Waals surface area (Å²) in [6.45, 7) is 1.99. The minimum absolute atomic E-state index is 0.112. The Balaban J connectivity index is 2.03. The molecule has 4 nitrogen and oxygen atoms in total. The van der Waals surface area contributed by atoms with Crippen LogP contribution in [0.15, 0.2) is 48.7 Å². The van der Waals surface area contributed by atoms with Crippen LogP contribution in [-0.4, -0.2) is 22.7 Å². The fraction of sp³-hybridized carbons (Fsp3) is 0.125. The second-order valence-electron chi connectivity index (χ2n) is 4.24. The summed E-state index contributed by atoms with van der Waals surface area (Å²) in [5.74, 6) is -0.882. The van der Waals surface area contributed by atoms with E-state index in [9.17, 15) is 4.79 Å². The number of carboxylic acids is 1. The maximum atomic E-state index is 11.2. The number of aryl methyl sites for hydroxylation is 1. The van der Waals surface area contributed by atoms with Crippen molar-refractivity contribution in [2.75, 3.05) is 6.61 Å². The minimum Gasteiger partial charge on any atom is -0.477 e. The molecule has 2 rings (SSSR count). The van der Waals surface area contributed by atoms with Gasteiger partial charge < -0.3 is 9.84 Å². The van der Waals surface area contributed by atoms with Crippen LogP contribution < -0.4 is 4.74 Å². The van der Waals surface area contributed by atoms with Gasteiger partial charge in [-0.1, -0.05) is 36.4 Å². The average Bonchev–Trinajstić information content (AvgIpc) is 2.44. The number of pyridine rings is 1. The van der Waals surface area contributed by atoms with Gasteiger partial charge in [-0.25, -0.2) is 9.78 Å². The Morgan fingerprint density at radius 3 is 2.75 bits per heavy atom. The minimum atomic E-state index is -1.03. The summed E-state index contributed by atoms with van der Waals surface area (Å²) < 4.78 is 5.42. The molecule has 0 bridgehead atoms. The van der Waals surface area contributed by atoms with E-state index >= 15 is 0 Å². The van der Waals surface area contributed by atoms with Crippen LogP contribution in [0.25, 0.3) is 6.08 Å². The highest BCUT2D eigenvalue weighted by molar-refractivity contribution is 5.91. The lowest BCUT2D eigenvalue weighted by atomic mass is 10.1. The molecule has 0 aliphatic carbocycles. The fourth-order valence-corrected chi connectivity index (χ4v) is 1.78. The van der Waals surface area contributed by atoms with Crippen LogP contribution >= 0.6 is 0 Å². The molecule has 0 amide bonds. The molecule has 0 spiro atoms. The molecule has 1 aromatic carbocycles. The first-order chi connectivity index (χ1) is 9.68. The molecule has 0 aliphatic heterocycles.